The minimum Gasteiger partial charge on any atom is -0.545 e. The minimum atomic E-state index is -1.20. The van der Waals surface area contributed by atoms with Crippen LogP contribution in [0.2, 0.25) is 0 Å². The van der Waals surface area contributed by atoms with Gasteiger partial charge in [-0.2, -0.15) is 0 Å². The Bertz CT molecular complexity index is 410. The average Bonchev–Trinajstić information content (AvgIpc) is 2.15. The van der Waals surface area contributed by atoms with Crippen LogP contribution in [-0.4, -0.2) is 5.97 Å². The van der Waals surface area contributed by atoms with E-state index in [0.29, 0.717) is 5.56 Å². The van der Waals surface area contributed by atoms with Gasteiger partial charge in [-0.3, -0.25) is 0 Å². The van der Waals surface area contributed by atoms with Crippen molar-refractivity contribution in [3.63, 3.8) is 0 Å². The van der Waals surface area contributed by atoms with Gasteiger partial charge in [0.05, 0.1) is 5.97 Å². The van der Waals surface area contributed by atoms with Gasteiger partial charge in [-0.25, -0.2) is 0 Å². The molecule has 0 radical (unpaired) electrons. The van der Waals surface area contributed by atoms with Gasteiger partial charge in [-0.05, 0) is 29.5 Å². The van der Waals surface area contributed by atoms with Gasteiger partial charge in [0.2, 0.25) is 0 Å². The molecule has 0 bridgehead atoms. The first-order valence-electron chi connectivity index (χ1n) is 3.52. The summed E-state index contributed by atoms with van der Waals surface area (Å²) < 4.78 is 0. The molecule has 1 rings (SSSR count). The number of carbonyl (C=O) groups excluding carboxylic acids is 1. The molecule has 0 saturated heterocycles. The summed E-state index contributed by atoms with van der Waals surface area (Å²) in [5, 5.41) is 10.3. The van der Waals surface area contributed by atoms with Crippen molar-refractivity contribution >= 4 is 5.97 Å². The molecule has 0 aliphatic carbocycles. The van der Waals surface area contributed by atoms with Crippen molar-refractivity contribution in [2.24, 2.45) is 0 Å². The summed E-state index contributed by atoms with van der Waals surface area (Å²) in [5.41, 5.74) is 0.814. The summed E-state index contributed by atoms with van der Waals surface area (Å²) in [6.07, 6.45) is 4.93. The highest BCUT2D eigenvalue weighted by atomic mass is 16.4. The van der Waals surface area contributed by atoms with Gasteiger partial charge in [0.1, 0.15) is 0 Å². The summed E-state index contributed by atoms with van der Waals surface area (Å²) in [4.78, 5) is 10.3. The molecule has 0 unspecified atom stereocenters. The molecule has 2 heteroatoms. The lowest BCUT2D eigenvalue weighted by Crippen LogP contribution is -2.21. The molecular formula is C11H5O2-. The maximum atomic E-state index is 10.3. The monoisotopic (exact) mass is 169 g/mol. The highest BCUT2D eigenvalue weighted by molar-refractivity contribution is 5.85. The Kier molecular flexibility index (Phi) is 2.73. The van der Waals surface area contributed by atoms with Crippen LogP contribution in [0.1, 0.15) is 15.9 Å². The number of carbonyl (C=O) groups is 1. The van der Waals surface area contributed by atoms with Crippen molar-refractivity contribution in [1.29, 1.82) is 0 Å². The molecule has 13 heavy (non-hydrogen) atoms. The van der Waals surface area contributed by atoms with Gasteiger partial charge >= 0.3 is 0 Å². The number of hydrogen-bond acceptors (Lipinski definition) is 2. The second-order valence-electron chi connectivity index (χ2n) is 2.26. The number of benzene rings is 1. The highest BCUT2D eigenvalue weighted by Gasteiger charge is 1.91. The van der Waals surface area contributed by atoms with Crippen LogP contribution in [0.25, 0.3) is 0 Å². The Morgan fingerprint density at radius 3 is 2.38 bits per heavy atom. The van der Waals surface area contributed by atoms with Crippen molar-refractivity contribution < 1.29 is 9.90 Å². The molecule has 0 fully saturated rings. The normalized spacial score (nSPS) is 7.92. The van der Waals surface area contributed by atoms with E-state index in [2.05, 4.69) is 17.8 Å². The lowest BCUT2D eigenvalue weighted by Gasteiger charge is -2.00. The van der Waals surface area contributed by atoms with E-state index in [9.17, 15) is 9.90 Å². The van der Waals surface area contributed by atoms with Gasteiger partial charge in [-0.15, -0.1) is 6.42 Å². The van der Waals surface area contributed by atoms with Crippen LogP contribution in [-0.2, 0) is 0 Å². The molecule has 0 amide bonds. The van der Waals surface area contributed by atoms with Crippen LogP contribution >= 0.6 is 0 Å². The van der Waals surface area contributed by atoms with Crippen molar-refractivity contribution in [2.45, 2.75) is 0 Å². The first-order valence-corrected chi connectivity index (χ1v) is 3.52. The fourth-order valence-electron chi connectivity index (χ4n) is 0.798. The van der Waals surface area contributed by atoms with Crippen LogP contribution in [0.5, 0.6) is 0 Å². The van der Waals surface area contributed by atoms with E-state index in [1.54, 1.807) is 12.1 Å². The van der Waals surface area contributed by atoms with Gasteiger partial charge in [0.25, 0.3) is 0 Å². The van der Waals surface area contributed by atoms with Gasteiger partial charge < -0.3 is 9.90 Å². The lowest BCUT2D eigenvalue weighted by atomic mass is 10.1. The Labute approximate surface area is 76.2 Å². The first kappa shape index (κ1) is 8.90. The molecule has 1 aromatic carbocycles. The SMILES string of the molecule is C#CC#Cc1ccc(C(=O)[O-])cc1. The zero-order chi connectivity index (χ0) is 9.68. The van der Waals surface area contributed by atoms with E-state index in [1.165, 1.54) is 12.1 Å². The lowest BCUT2D eigenvalue weighted by molar-refractivity contribution is -0.255. The molecule has 62 valence electrons. The first-order chi connectivity index (χ1) is 6.24. The number of carboxylic acid groups (broad SMARTS) is 1. The topological polar surface area (TPSA) is 40.1 Å². The molecule has 0 atom stereocenters. The maximum Gasteiger partial charge on any atom is 0.0715 e. The second kappa shape index (κ2) is 3.99. The predicted octanol–water partition coefficient (Wildman–Crippen LogP) is 0.0348. The zero-order valence-corrected chi connectivity index (χ0v) is 6.70. The molecule has 0 saturated carbocycles. The Morgan fingerprint density at radius 1 is 1.31 bits per heavy atom. The van der Waals surface area contributed by atoms with E-state index < -0.39 is 5.97 Å². The Hall–Kier alpha value is -2.19. The predicted molar refractivity (Wildman–Crippen MR) is 46.5 cm³/mol. The fraction of sp³-hybridized carbons (Fsp3) is 0. The minimum absolute atomic E-state index is 0.131. The van der Waals surface area contributed by atoms with E-state index in [-0.39, 0.29) is 5.56 Å². The average molecular weight is 169 g/mol. The van der Waals surface area contributed by atoms with Crippen LogP contribution in [0.4, 0.5) is 0 Å². The third-order valence-electron chi connectivity index (χ3n) is 1.40. The number of rotatable bonds is 1. The van der Waals surface area contributed by atoms with E-state index in [1.807, 2.05) is 0 Å². The molecule has 1 aromatic rings. The molecule has 2 nitrogen and oxygen atoms in total. The van der Waals surface area contributed by atoms with Crippen molar-refractivity contribution in [2.75, 3.05) is 0 Å². The quantitative estimate of drug-likeness (QED) is 0.556. The molecule has 0 N–H and O–H groups in total. The summed E-state index contributed by atoms with van der Waals surface area (Å²) in [7, 11) is 0. The van der Waals surface area contributed by atoms with Gasteiger partial charge in [-0.1, -0.05) is 18.1 Å². The Morgan fingerprint density at radius 2 is 1.92 bits per heavy atom. The molecule has 0 aliphatic rings. The van der Waals surface area contributed by atoms with Crippen molar-refractivity contribution in [3.8, 4) is 24.2 Å². The number of hydrogen-bond donors (Lipinski definition) is 0. The maximum absolute atomic E-state index is 10.3. The molecule has 0 heterocycles. The molecular weight excluding hydrogens is 164 g/mol. The number of aromatic carboxylic acids is 1. The van der Waals surface area contributed by atoms with Crippen LogP contribution in [0, 0.1) is 24.2 Å². The second-order valence-corrected chi connectivity index (χ2v) is 2.26. The van der Waals surface area contributed by atoms with Crippen LogP contribution in [0.3, 0.4) is 0 Å². The van der Waals surface area contributed by atoms with E-state index in [0.717, 1.165) is 0 Å². The smallest absolute Gasteiger partial charge is 0.0715 e. The summed E-state index contributed by atoms with van der Waals surface area (Å²) >= 11 is 0. The summed E-state index contributed by atoms with van der Waals surface area (Å²) in [5.74, 6) is 6.06. The highest BCUT2D eigenvalue weighted by Crippen LogP contribution is 2.01. The zero-order valence-electron chi connectivity index (χ0n) is 6.70. The summed E-state index contributed by atoms with van der Waals surface area (Å²) in [6.45, 7) is 0. The van der Waals surface area contributed by atoms with Crippen molar-refractivity contribution in [3.05, 3.63) is 35.4 Å². The van der Waals surface area contributed by atoms with E-state index in [4.69, 9.17) is 6.42 Å². The fourth-order valence-corrected chi connectivity index (χ4v) is 0.798. The van der Waals surface area contributed by atoms with Gasteiger partial charge in [0.15, 0.2) is 0 Å². The number of carboxylic acids is 1. The molecule has 0 spiro atoms. The number of terminal acetylenes is 1. The van der Waals surface area contributed by atoms with Crippen molar-refractivity contribution in [1.82, 2.24) is 0 Å². The standard InChI is InChI=1S/C11H6O2/c1-2-3-4-9-5-7-10(8-6-9)11(12)13/h1,5-8H,(H,12,13)/p-1. The molecule has 0 aromatic heterocycles. The van der Waals surface area contributed by atoms with Crippen LogP contribution < -0.4 is 5.11 Å². The Balaban J connectivity index is 2.95. The van der Waals surface area contributed by atoms with Crippen LogP contribution in [0.15, 0.2) is 24.3 Å². The third-order valence-corrected chi connectivity index (χ3v) is 1.40. The largest absolute Gasteiger partial charge is 0.545 e. The molecule has 0 aliphatic heterocycles. The third kappa shape index (κ3) is 2.39. The van der Waals surface area contributed by atoms with Gasteiger partial charge in [0, 0.05) is 5.56 Å². The summed E-state index contributed by atoms with van der Waals surface area (Å²) in [6, 6.07) is 6.01. The van der Waals surface area contributed by atoms with E-state index >= 15 is 0 Å².